The lowest BCUT2D eigenvalue weighted by Gasteiger charge is -2.40. The van der Waals surface area contributed by atoms with Crippen LogP contribution in [0.4, 0.5) is 0 Å². The van der Waals surface area contributed by atoms with Crippen LogP contribution < -0.4 is 10.9 Å². The van der Waals surface area contributed by atoms with Gasteiger partial charge in [-0.3, -0.25) is 9.59 Å². The van der Waals surface area contributed by atoms with E-state index in [0.29, 0.717) is 11.4 Å². The van der Waals surface area contributed by atoms with E-state index in [9.17, 15) is 9.59 Å². The molecule has 0 aromatic carbocycles. The number of amides is 1. The fraction of sp³-hybridized carbons (Fsp3) is 0.500. The average molecular weight is 255 g/mol. The van der Waals surface area contributed by atoms with Gasteiger partial charge < -0.3 is 9.88 Å². The van der Waals surface area contributed by atoms with Gasteiger partial charge in [0.1, 0.15) is 0 Å². The van der Waals surface area contributed by atoms with Crippen molar-refractivity contribution in [3.05, 3.63) is 34.2 Å². The molecule has 92 valence electrons. The Bertz CT molecular complexity index is 486. The highest BCUT2D eigenvalue weighted by atomic mass is 35.5. The molecule has 1 heterocycles. The first-order valence-corrected chi connectivity index (χ1v) is 6.15. The number of carbonyl (C=O) groups excluding carboxylic acids is 1. The number of carbonyl (C=O) groups is 1. The van der Waals surface area contributed by atoms with Crippen molar-refractivity contribution in [2.24, 2.45) is 7.05 Å². The molecule has 1 aliphatic rings. The van der Waals surface area contributed by atoms with Gasteiger partial charge >= 0.3 is 0 Å². The third-order valence-corrected chi connectivity index (χ3v) is 3.82. The van der Waals surface area contributed by atoms with E-state index >= 15 is 0 Å². The Balaban J connectivity index is 2.14. The molecule has 1 fully saturated rings. The second kappa shape index (κ2) is 4.53. The molecule has 0 saturated heterocycles. The number of alkyl halides is 1. The molecule has 0 aliphatic heterocycles. The zero-order valence-electron chi connectivity index (χ0n) is 9.70. The normalized spacial score (nSPS) is 17.3. The first-order chi connectivity index (χ1) is 8.06. The van der Waals surface area contributed by atoms with E-state index in [4.69, 9.17) is 11.6 Å². The molecular formula is C12H15ClN2O2. The van der Waals surface area contributed by atoms with Crippen molar-refractivity contribution < 1.29 is 4.79 Å². The molecule has 2 rings (SSSR count). The average Bonchev–Trinajstić information content (AvgIpc) is 2.27. The summed E-state index contributed by atoms with van der Waals surface area (Å²) in [5, 5.41) is 2.92. The summed E-state index contributed by atoms with van der Waals surface area (Å²) in [5.41, 5.74) is -0.0598. The summed E-state index contributed by atoms with van der Waals surface area (Å²) in [5.74, 6) is 0.201. The molecule has 0 unspecified atom stereocenters. The van der Waals surface area contributed by atoms with Crippen molar-refractivity contribution in [1.29, 1.82) is 0 Å². The van der Waals surface area contributed by atoms with Gasteiger partial charge in [0, 0.05) is 30.8 Å². The van der Waals surface area contributed by atoms with Crippen LogP contribution in [0, 0.1) is 0 Å². The van der Waals surface area contributed by atoms with Crippen molar-refractivity contribution in [2.75, 3.05) is 5.88 Å². The topological polar surface area (TPSA) is 51.1 Å². The van der Waals surface area contributed by atoms with E-state index in [1.807, 2.05) is 0 Å². The maximum Gasteiger partial charge on any atom is 0.252 e. The van der Waals surface area contributed by atoms with E-state index in [-0.39, 0.29) is 17.0 Å². The van der Waals surface area contributed by atoms with Gasteiger partial charge in [0.15, 0.2) is 0 Å². The molecule has 5 heteroatoms. The predicted molar refractivity (Wildman–Crippen MR) is 66.5 cm³/mol. The van der Waals surface area contributed by atoms with Crippen molar-refractivity contribution in [2.45, 2.75) is 24.8 Å². The molecule has 0 radical (unpaired) electrons. The molecule has 0 atom stereocenters. The monoisotopic (exact) mass is 254 g/mol. The Labute approximate surface area is 105 Å². The summed E-state index contributed by atoms with van der Waals surface area (Å²) in [6.45, 7) is 0. The highest BCUT2D eigenvalue weighted by Crippen LogP contribution is 2.33. The summed E-state index contributed by atoms with van der Waals surface area (Å²) < 4.78 is 1.43. The molecule has 0 spiro atoms. The van der Waals surface area contributed by atoms with Crippen molar-refractivity contribution in [1.82, 2.24) is 9.88 Å². The number of aryl methyl sites for hydroxylation is 1. The maximum absolute atomic E-state index is 12.0. The van der Waals surface area contributed by atoms with E-state index in [1.54, 1.807) is 19.3 Å². The molecule has 0 bridgehead atoms. The Morgan fingerprint density at radius 1 is 1.59 bits per heavy atom. The maximum atomic E-state index is 12.0. The first kappa shape index (κ1) is 12.2. The number of pyridine rings is 1. The van der Waals surface area contributed by atoms with Crippen LogP contribution in [0.25, 0.3) is 0 Å². The van der Waals surface area contributed by atoms with Crippen LogP contribution in [0.2, 0.25) is 0 Å². The highest BCUT2D eigenvalue weighted by molar-refractivity contribution is 6.19. The van der Waals surface area contributed by atoms with Crippen molar-refractivity contribution >= 4 is 17.5 Å². The van der Waals surface area contributed by atoms with Crippen LogP contribution in [-0.2, 0) is 7.05 Å². The Kier molecular flexibility index (Phi) is 3.24. The van der Waals surface area contributed by atoms with Crippen molar-refractivity contribution in [3.8, 4) is 0 Å². The van der Waals surface area contributed by atoms with Crippen LogP contribution in [0.5, 0.6) is 0 Å². The fourth-order valence-electron chi connectivity index (χ4n) is 1.90. The molecule has 1 amide bonds. The lowest BCUT2D eigenvalue weighted by atomic mass is 9.78. The van der Waals surface area contributed by atoms with Gasteiger partial charge in [-0.1, -0.05) is 0 Å². The van der Waals surface area contributed by atoms with E-state index in [1.165, 1.54) is 10.6 Å². The SMILES string of the molecule is Cn1ccc(C(=O)NC2(CCl)CCC2)cc1=O. The van der Waals surface area contributed by atoms with Gasteiger partial charge in [0.25, 0.3) is 11.5 Å². The van der Waals surface area contributed by atoms with E-state index in [0.717, 1.165) is 19.3 Å². The van der Waals surface area contributed by atoms with Crippen LogP contribution in [0.1, 0.15) is 29.6 Å². The van der Waals surface area contributed by atoms with Crippen LogP contribution in [-0.4, -0.2) is 21.9 Å². The third kappa shape index (κ3) is 2.36. The zero-order chi connectivity index (χ0) is 12.5. The predicted octanol–water partition coefficient (Wildman–Crippen LogP) is 1.28. The van der Waals surface area contributed by atoms with Gasteiger partial charge in [0.05, 0.1) is 5.54 Å². The Hall–Kier alpha value is -1.29. The molecule has 17 heavy (non-hydrogen) atoms. The molecular weight excluding hydrogens is 240 g/mol. The van der Waals surface area contributed by atoms with E-state index < -0.39 is 0 Å². The number of rotatable bonds is 3. The lowest BCUT2D eigenvalue weighted by molar-refractivity contribution is 0.0853. The van der Waals surface area contributed by atoms with E-state index in [2.05, 4.69) is 5.32 Å². The third-order valence-electron chi connectivity index (χ3n) is 3.31. The standard InChI is InChI=1S/C12H15ClN2O2/c1-15-6-3-9(7-10(15)16)11(17)14-12(8-13)4-2-5-12/h3,6-7H,2,4-5,8H2,1H3,(H,14,17). The van der Waals surface area contributed by atoms with Gasteiger partial charge in [-0.25, -0.2) is 0 Å². The Morgan fingerprint density at radius 3 is 2.76 bits per heavy atom. The number of nitrogens with one attached hydrogen (secondary N) is 1. The minimum absolute atomic E-state index is 0.189. The summed E-state index contributed by atoms with van der Waals surface area (Å²) in [4.78, 5) is 23.4. The summed E-state index contributed by atoms with van der Waals surface area (Å²) in [6, 6.07) is 2.98. The fourth-order valence-corrected chi connectivity index (χ4v) is 2.23. The highest BCUT2D eigenvalue weighted by Gasteiger charge is 2.37. The molecule has 1 aliphatic carbocycles. The van der Waals surface area contributed by atoms with Gasteiger partial charge in [-0.2, -0.15) is 0 Å². The van der Waals surface area contributed by atoms with Gasteiger partial charge in [-0.15, -0.1) is 11.6 Å². The van der Waals surface area contributed by atoms with Gasteiger partial charge in [-0.05, 0) is 25.3 Å². The summed E-state index contributed by atoms with van der Waals surface area (Å²) >= 11 is 5.87. The smallest absolute Gasteiger partial charge is 0.252 e. The number of aromatic nitrogens is 1. The van der Waals surface area contributed by atoms with Crippen molar-refractivity contribution in [3.63, 3.8) is 0 Å². The molecule has 1 aromatic rings. The second-order valence-electron chi connectivity index (χ2n) is 4.59. The molecule has 4 nitrogen and oxygen atoms in total. The summed E-state index contributed by atoms with van der Waals surface area (Å²) in [7, 11) is 1.65. The number of halogens is 1. The lowest BCUT2D eigenvalue weighted by Crippen LogP contribution is -2.55. The Morgan fingerprint density at radius 2 is 2.29 bits per heavy atom. The quantitative estimate of drug-likeness (QED) is 0.826. The van der Waals surface area contributed by atoms with Gasteiger partial charge in [0.2, 0.25) is 0 Å². The van der Waals surface area contributed by atoms with Crippen LogP contribution in [0.3, 0.4) is 0 Å². The van der Waals surface area contributed by atoms with Crippen LogP contribution >= 0.6 is 11.6 Å². The van der Waals surface area contributed by atoms with Crippen LogP contribution in [0.15, 0.2) is 23.1 Å². The number of hydrogen-bond acceptors (Lipinski definition) is 2. The molecule has 1 aromatic heterocycles. The minimum Gasteiger partial charge on any atom is -0.345 e. The first-order valence-electron chi connectivity index (χ1n) is 5.61. The number of hydrogen-bond donors (Lipinski definition) is 1. The molecule has 1 saturated carbocycles. The number of nitrogens with zero attached hydrogens (tertiary/aromatic N) is 1. The summed E-state index contributed by atoms with van der Waals surface area (Å²) in [6.07, 6.45) is 4.50. The molecule has 1 N–H and O–H groups in total. The zero-order valence-corrected chi connectivity index (χ0v) is 10.5. The second-order valence-corrected chi connectivity index (χ2v) is 4.85. The minimum atomic E-state index is -0.264. The largest absolute Gasteiger partial charge is 0.345 e.